The molecule has 27 heavy (non-hydrogen) atoms. The monoisotopic (exact) mass is 452 g/mol. The second-order valence-corrected chi connectivity index (χ2v) is 10.7. The van der Waals surface area contributed by atoms with Gasteiger partial charge in [0.1, 0.15) is 0 Å². The lowest BCUT2D eigenvalue weighted by molar-refractivity contribution is 0.560. The minimum absolute atomic E-state index is 0.294. The molecule has 0 aliphatic carbocycles. The summed E-state index contributed by atoms with van der Waals surface area (Å²) in [5.41, 5.74) is 3.98. The van der Waals surface area contributed by atoms with Gasteiger partial charge in [0.2, 0.25) is 0 Å². The SMILES string of the molecule is CNc1ccnc2cc(Br)c(S(=O)(=O)C(C)(C)C)cc12.Cc1cn[nH]c1C. The molecule has 0 spiro atoms. The van der Waals surface area contributed by atoms with E-state index in [9.17, 15) is 8.42 Å². The summed E-state index contributed by atoms with van der Waals surface area (Å²) in [6, 6.07) is 5.25. The first kappa shape index (κ1) is 21.4. The van der Waals surface area contributed by atoms with Gasteiger partial charge < -0.3 is 5.32 Å². The summed E-state index contributed by atoms with van der Waals surface area (Å²) in [6.45, 7) is 9.12. The van der Waals surface area contributed by atoms with Crippen molar-refractivity contribution in [1.29, 1.82) is 0 Å². The number of anilines is 1. The van der Waals surface area contributed by atoms with Gasteiger partial charge in [0.25, 0.3) is 0 Å². The second kappa shape index (κ2) is 7.98. The van der Waals surface area contributed by atoms with Crippen LogP contribution in [0.15, 0.2) is 40.0 Å². The zero-order chi connectivity index (χ0) is 20.4. The number of hydrogen-bond acceptors (Lipinski definition) is 5. The van der Waals surface area contributed by atoms with E-state index in [0.717, 1.165) is 22.3 Å². The van der Waals surface area contributed by atoms with E-state index in [2.05, 4.69) is 36.4 Å². The number of aromatic amines is 1. The number of benzene rings is 1. The van der Waals surface area contributed by atoms with Crippen LogP contribution in [0, 0.1) is 13.8 Å². The lowest BCUT2D eigenvalue weighted by Crippen LogP contribution is -2.28. The molecule has 0 aliphatic heterocycles. The quantitative estimate of drug-likeness (QED) is 0.591. The minimum atomic E-state index is -3.43. The zero-order valence-electron chi connectivity index (χ0n) is 16.4. The largest absolute Gasteiger partial charge is 0.388 e. The van der Waals surface area contributed by atoms with E-state index in [-0.39, 0.29) is 0 Å². The van der Waals surface area contributed by atoms with Crippen molar-refractivity contribution >= 4 is 42.4 Å². The van der Waals surface area contributed by atoms with Crippen molar-refractivity contribution in [2.45, 2.75) is 44.3 Å². The molecule has 0 saturated carbocycles. The van der Waals surface area contributed by atoms with E-state index in [4.69, 9.17) is 0 Å². The number of halogens is 1. The summed E-state index contributed by atoms with van der Waals surface area (Å²) in [7, 11) is -1.63. The third-order valence-electron chi connectivity index (χ3n) is 4.24. The highest BCUT2D eigenvalue weighted by molar-refractivity contribution is 9.10. The number of H-pyrrole nitrogens is 1. The Kier molecular flexibility index (Phi) is 6.32. The number of fused-ring (bicyclic) bond motifs is 1. The van der Waals surface area contributed by atoms with E-state index in [1.807, 2.05) is 26.1 Å². The predicted octanol–water partition coefficient (Wildman–Crippen LogP) is 4.64. The average molecular weight is 453 g/mol. The maximum Gasteiger partial charge on any atom is 0.184 e. The lowest BCUT2D eigenvalue weighted by atomic mass is 10.2. The normalized spacial score (nSPS) is 11.8. The summed E-state index contributed by atoms with van der Waals surface area (Å²) >= 11 is 3.35. The van der Waals surface area contributed by atoms with Gasteiger partial charge in [-0.2, -0.15) is 5.10 Å². The smallest absolute Gasteiger partial charge is 0.184 e. The van der Waals surface area contributed by atoms with Crippen LogP contribution in [0.5, 0.6) is 0 Å². The molecule has 2 aromatic heterocycles. The van der Waals surface area contributed by atoms with Crippen LogP contribution in [0.3, 0.4) is 0 Å². The average Bonchev–Trinajstić information content (AvgIpc) is 2.96. The van der Waals surface area contributed by atoms with Gasteiger partial charge >= 0.3 is 0 Å². The van der Waals surface area contributed by atoms with E-state index in [0.29, 0.717) is 9.37 Å². The molecule has 6 nitrogen and oxygen atoms in total. The predicted molar refractivity (Wildman–Crippen MR) is 114 cm³/mol. The van der Waals surface area contributed by atoms with Gasteiger partial charge in [-0.1, -0.05) is 0 Å². The highest BCUT2D eigenvalue weighted by atomic mass is 79.9. The number of pyridine rings is 1. The van der Waals surface area contributed by atoms with Crippen LogP contribution in [0.4, 0.5) is 5.69 Å². The topological polar surface area (TPSA) is 87.7 Å². The number of nitrogens with one attached hydrogen (secondary N) is 2. The molecule has 146 valence electrons. The molecular formula is C19H25BrN4O2S. The van der Waals surface area contributed by atoms with Gasteiger partial charge in [-0.3, -0.25) is 10.1 Å². The molecule has 2 N–H and O–H groups in total. The van der Waals surface area contributed by atoms with Crippen LogP contribution in [-0.4, -0.2) is 35.4 Å². The number of nitrogens with zero attached hydrogens (tertiary/aromatic N) is 2. The fourth-order valence-electron chi connectivity index (χ4n) is 2.31. The molecule has 0 fully saturated rings. The van der Waals surface area contributed by atoms with Crippen LogP contribution in [-0.2, 0) is 9.84 Å². The summed E-state index contributed by atoms with van der Waals surface area (Å²) in [5.74, 6) is 0. The van der Waals surface area contributed by atoms with Crippen molar-refractivity contribution in [3.8, 4) is 0 Å². The van der Waals surface area contributed by atoms with Crippen LogP contribution < -0.4 is 5.32 Å². The number of rotatable bonds is 2. The van der Waals surface area contributed by atoms with E-state index < -0.39 is 14.6 Å². The van der Waals surface area contributed by atoms with Crippen molar-refractivity contribution < 1.29 is 8.42 Å². The van der Waals surface area contributed by atoms with Gasteiger partial charge in [-0.25, -0.2) is 8.42 Å². The number of sulfone groups is 1. The molecule has 0 saturated heterocycles. The highest BCUT2D eigenvalue weighted by Gasteiger charge is 2.32. The maximum absolute atomic E-state index is 12.6. The van der Waals surface area contributed by atoms with Crippen LogP contribution in [0.2, 0.25) is 0 Å². The minimum Gasteiger partial charge on any atom is -0.388 e. The Morgan fingerprint density at radius 3 is 2.30 bits per heavy atom. The van der Waals surface area contributed by atoms with Crippen molar-refractivity contribution in [3.63, 3.8) is 0 Å². The Labute approximate surface area is 168 Å². The van der Waals surface area contributed by atoms with Crippen molar-refractivity contribution in [2.24, 2.45) is 0 Å². The maximum atomic E-state index is 12.6. The van der Waals surface area contributed by atoms with Crippen LogP contribution in [0.25, 0.3) is 10.9 Å². The van der Waals surface area contributed by atoms with Crippen molar-refractivity contribution in [2.75, 3.05) is 12.4 Å². The molecule has 2 heterocycles. The Hall–Kier alpha value is -1.93. The van der Waals surface area contributed by atoms with Gasteiger partial charge in [0.15, 0.2) is 9.84 Å². The van der Waals surface area contributed by atoms with Gasteiger partial charge in [0.05, 0.1) is 21.4 Å². The molecule has 0 atom stereocenters. The Bertz CT molecular complexity index is 1040. The zero-order valence-corrected chi connectivity index (χ0v) is 18.8. The lowest BCUT2D eigenvalue weighted by Gasteiger charge is -2.20. The molecule has 0 bridgehead atoms. The summed E-state index contributed by atoms with van der Waals surface area (Å²) in [5, 5.41) is 10.5. The molecule has 0 unspecified atom stereocenters. The standard InChI is InChI=1S/C14H17BrN2O2S.C5H8N2/c1-14(2,3)20(18,19)13-7-9-11(16-4)5-6-17-12(9)8-10(13)15;1-4-3-6-7-5(4)2/h5-8H,1-4H3,(H,16,17);3H,1-2H3,(H,6,7). The third-order valence-corrected chi connectivity index (χ3v) is 7.69. The number of aromatic nitrogens is 3. The Morgan fingerprint density at radius 2 is 1.85 bits per heavy atom. The molecule has 3 aromatic rings. The van der Waals surface area contributed by atoms with E-state index >= 15 is 0 Å². The fraction of sp³-hybridized carbons (Fsp3) is 0.368. The number of aryl methyl sites for hydroxylation is 2. The first-order valence-corrected chi connectivity index (χ1v) is 10.7. The van der Waals surface area contributed by atoms with Crippen LogP contribution in [0.1, 0.15) is 32.0 Å². The third kappa shape index (κ3) is 4.50. The molecule has 0 aliphatic rings. The molecule has 0 radical (unpaired) electrons. The highest BCUT2D eigenvalue weighted by Crippen LogP contribution is 2.35. The van der Waals surface area contributed by atoms with Crippen LogP contribution >= 0.6 is 15.9 Å². The van der Waals surface area contributed by atoms with Crippen molar-refractivity contribution in [1.82, 2.24) is 15.2 Å². The summed E-state index contributed by atoms with van der Waals surface area (Å²) < 4.78 is 25.0. The first-order chi connectivity index (χ1) is 12.5. The van der Waals surface area contributed by atoms with Crippen molar-refractivity contribution in [3.05, 3.63) is 46.3 Å². The van der Waals surface area contributed by atoms with E-state index in [1.165, 1.54) is 5.56 Å². The summed E-state index contributed by atoms with van der Waals surface area (Å²) in [4.78, 5) is 4.56. The molecule has 1 aromatic carbocycles. The summed E-state index contributed by atoms with van der Waals surface area (Å²) in [6.07, 6.45) is 3.51. The number of hydrogen-bond donors (Lipinski definition) is 2. The second-order valence-electron chi connectivity index (χ2n) is 7.20. The van der Waals surface area contributed by atoms with Gasteiger partial charge in [0, 0.05) is 34.5 Å². The molecule has 3 rings (SSSR count). The Balaban J connectivity index is 0.000000313. The Morgan fingerprint density at radius 1 is 1.19 bits per heavy atom. The first-order valence-electron chi connectivity index (χ1n) is 8.46. The fourth-order valence-corrected chi connectivity index (χ4v) is 4.53. The molecule has 0 amide bonds. The van der Waals surface area contributed by atoms with Gasteiger partial charge in [-0.15, -0.1) is 0 Å². The van der Waals surface area contributed by atoms with E-state index in [1.54, 1.807) is 46.1 Å². The molecule has 8 heteroatoms. The molecular weight excluding hydrogens is 428 g/mol. The van der Waals surface area contributed by atoms with Gasteiger partial charge in [-0.05, 0) is 74.3 Å².